The Balaban J connectivity index is 1.35. The van der Waals surface area contributed by atoms with Crippen molar-refractivity contribution in [1.29, 1.82) is 0 Å². The molecule has 1 N–H and O–H groups in total. The highest BCUT2D eigenvalue weighted by Gasteiger charge is 2.34. The molecule has 0 spiro atoms. The van der Waals surface area contributed by atoms with E-state index in [9.17, 15) is 13.7 Å². The lowest BCUT2D eigenvalue weighted by atomic mass is 9.90. The molecule has 5 rings (SSSR count). The number of likely N-dealkylation sites (tertiary alicyclic amines) is 1. The summed E-state index contributed by atoms with van der Waals surface area (Å²) < 4.78 is 30.2. The smallest absolute Gasteiger partial charge is 0.295 e. The average Bonchev–Trinajstić information content (AvgIpc) is 3.12. The molecule has 3 aromatic carbocycles. The molecule has 0 saturated carbocycles. The third-order valence-electron chi connectivity index (χ3n) is 6.52. The monoisotopic (exact) mass is 490 g/mol. The quantitative estimate of drug-likeness (QED) is 0.394. The number of benzene rings is 3. The standard InChI is InChI=1S/C27H27FN4O2S/c1-18-22-13-23(27(33)30-35(2)34)24(28)14-25(22)32(29-18)17-19-15-31(16-19)26(20-9-5-3-6-10-20)21-11-7-4-8-12-21/h3-14,19,26H,15-17H2,1-2H3,(H,30,33). The third-order valence-corrected chi connectivity index (χ3v) is 6.99. The molecule has 1 saturated heterocycles. The molecule has 8 heteroatoms. The highest BCUT2D eigenvalue weighted by atomic mass is 32.2. The van der Waals surface area contributed by atoms with Crippen LogP contribution in [0, 0.1) is 18.7 Å². The minimum absolute atomic E-state index is 0.126. The van der Waals surface area contributed by atoms with Crippen LogP contribution in [0.4, 0.5) is 4.39 Å². The highest BCUT2D eigenvalue weighted by molar-refractivity contribution is 7.89. The summed E-state index contributed by atoms with van der Waals surface area (Å²) in [6.45, 7) is 4.33. The molecular formula is C27H27FN4O2S. The molecular weight excluding hydrogens is 463 g/mol. The molecule has 4 aromatic rings. The summed E-state index contributed by atoms with van der Waals surface area (Å²) in [6.07, 6.45) is 1.33. The molecule has 2 heterocycles. The van der Waals surface area contributed by atoms with Gasteiger partial charge in [0.2, 0.25) is 0 Å². The molecule has 1 atom stereocenters. The zero-order valence-corrected chi connectivity index (χ0v) is 20.5. The van der Waals surface area contributed by atoms with E-state index in [4.69, 9.17) is 0 Å². The lowest BCUT2D eigenvalue weighted by Gasteiger charge is -2.45. The first-order valence-corrected chi connectivity index (χ1v) is 13.1. The Kier molecular flexibility index (Phi) is 6.60. The van der Waals surface area contributed by atoms with Crippen LogP contribution in [0.25, 0.3) is 10.9 Å². The fraction of sp³-hybridized carbons (Fsp3) is 0.259. The highest BCUT2D eigenvalue weighted by Crippen LogP contribution is 2.35. The van der Waals surface area contributed by atoms with Crippen molar-refractivity contribution in [3.05, 3.63) is 101 Å². The molecule has 35 heavy (non-hydrogen) atoms. The predicted molar refractivity (Wildman–Crippen MR) is 136 cm³/mol. The second-order valence-electron chi connectivity index (χ2n) is 9.05. The van der Waals surface area contributed by atoms with Gasteiger partial charge in [-0.05, 0) is 24.1 Å². The van der Waals surface area contributed by atoms with E-state index in [1.807, 2.05) is 23.7 Å². The fourth-order valence-corrected chi connectivity index (χ4v) is 5.29. The number of nitrogens with one attached hydrogen (secondary N) is 1. The van der Waals surface area contributed by atoms with Gasteiger partial charge in [0.15, 0.2) is 0 Å². The molecule has 1 unspecified atom stereocenters. The number of carbonyl (C=O) groups is 1. The summed E-state index contributed by atoms with van der Waals surface area (Å²) in [5.41, 5.74) is 3.79. The first-order valence-electron chi connectivity index (χ1n) is 11.6. The van der Waals surface area contributed by atoms with Crippen LogP contribution in [0.5, 0.6) is 0 Å². The van der Waals surface area contributed by atoms with Gasteiger partial charge in [0.25, 0.3) is 5.91 Å². The topological polar surface area (TPSA) is 73.2 Å². The number of carbonyl (C=O) groups excluding carboxylic acids is 1. The lowest BCUT2D eigenvalue weighted by molar-refractivity contribution is 0.0567. The number of halogens is 1. The summed E-state index contributed by atoms with van der Waals surface area (Å²) in [7, 11) is 0. The van der Waals surface area contributed by atoms with Crippen LogP contribution in [0.3, 0.4) is 0 Å². The molecule has 0 bridgehead atoms. The van der Waals surface area contributed by atoms with E-state index in [0.29, 0.717) is 18.0 Å². The van der Waals surface area contributed by atoms with Crippen LogP contribution < -0.4 is 4.72 Å². The molecule has 1 aliphatic heterocycles. The Hall–Kier alpha value is -3.20. The van der Waals surface area contributed by atoms with E-state index in [1.54, 1.807) is 0 Å². The molecule has 0 aliphatic carbocycles. The van der Waals surface area contributed by atoms with Gasteiger partial charge in [-0.15, -0.1) is 0 Å². The van der Waals surface area contributed by atoms with Crippen molar-refractivity contribution >= 4 is 28.2 Å². The summed E-state index contributed by atoms with van der Waals surface area (Å²) in [4.78, 5) is 14.7. The summed E-state index contributed by atoms with van der Waals surface area (Å²) in [5.74, 6) is -0.967. The Labute approximate surface area is 207 Å². The zero-order valence-electron chi connectivity index (χ0n) is 19.6. The maximum atomic E-state index is 14.8. The molecule has 1 amide bonds. The molecule has 1 aromatic heterocycles. The normalized spacial score (nSPS) is 15.3. The number of fused-ring (bicyclic) bond motifs is 1. The Bertz CT molecular complexity index is 1300. The number of amides is 1. The van der Waals surface area contributed by atoms with E-state index in [0.717, 1.165) is 24.2 Å². The van der Waals surface area contributed by atoms with E-state index in [-0.39, 0.29) is 11.6 Å². The number of hydrogen-bond donors (Lipinski definition) is 1. The largest absolute Gasteiger partial charge is 0.593 e. The van der Waals surface area contributed by atoms with Crippen molar-refractivity contribution in [2.24, 2.45) is 5.92 Å². The van der Waals surface area contributed by atoms with E-state index in [1.165, 1.54) is 29.5 Å². The third kappa shape index (κ3) is 4.82. The summed E-state index contributed by atoms with van der Waals surface area (Å²) in [5, 5.41) is 5.36. The van der Waals surface area contributed by atoms with Crippen molar-refractivity contribution in [3.63, 3.8) is 0 Å². The Morgan fingerprint density at radius 3 is 2.29 bits per heavy atom. The number of hydrogen-bond acceptors (Lipinski definition) is 4. The molecule has 6 nitrogen and oxygen atoms in total. The van der Waals surface area contributed by atoms with Gasteiger partial charge < -0.3 is 4.55 Å². The molecule has 180 valence electrons. The first-order chi connectivity index (χ1) is 16.9. The SMILES string of the molecule is Cc1nn(CC2CN(C(c3ccccc3)c3ccccc3)C2)c2cc(F)c(C(=O)N[S+](C)[O-])cc12. The van der Waals surface area contributed by atoms with Crippen molar-refractivity contribution in [2.45, 2.75) is 19.5 Å². The van der Waals surface area contributed by atoms with Crippen LogP contribution in [-0.4, -0.2) is 44.5 Å². The lowest BCUT2D eigenvalue weighted by Crippen LogP contribution is -2.50. The van der Waals surface area contributed by atoms with E-state index < -0.39 is 23.1 Å². The van der Waals surface area contributed by atoms with Crippen LogP contribution in [-0.2, 0) is 17.9 Å². The molecule has 1 aliphatic rings. The molecule has 0 radical (unpaired) electrons. The van der Waals surface area contributed by atoms with Crippen LogP contribution in [0.2, 0.25) is 0 Å². The first kappa shape index (κ1) is 23.5. The number of nitrogens with zero attached hydrogens (tertiary/aromatic N) is 3. The second-order valence-corrected chi connectivity index (χ2v) is 10.2. The average molecular weight is 491 g/mol. The molecule has 1 fully saturated rings. The maximum Gasteiger partial charge on any atom is 0.295 e. The number of aryl methyl sites for hydroxylation is 1. The van der Waals surface area contributed by atoms with Gasteiger partial charge >= 0.3 is 0 Å². The van der Waals surface area contributed by atoms with Crippen LogP contribution in [0.1, 0.15) is 33.2 Å². The Morgan fingerprint density at radius 1 is 1.11 bits per heavy atom. The van der Waals surface area contributed by atoms with Gasteiger partial charge in [0, 0.05) is 37.0 Å². The van der Waals surface area contributed by atoms with Gasteiger partial charge in [0.1, 0.15) is 12.1 Å². The number of aromatic nitrogens is 2. The predicted octanol–water partition coefficient (Wildman–Crippen LogP) is 4.23. The van der Waals surface area contributed by atoms with Crippen molar-refractivity contribution < 1.29 is 13.7 Å². The van der Waals surface area contributed by atoms with E-state index in [2.05, 4.69) is 63.3 Å². The van der Waals surface area contributed by atoms with Crippen molar-refractivity contribution in [3.8, 4) is 0 Å². The van der Waals surface area contributed by atoms with Gasteiger partial charge in [-0.3, -0.25) is 14.4 Å². The van der Waals surface area contributed by atoms with Gasteiger partial charge in [0.05, 0.1) is 34.2 Å². The number of rotatable bonds is 7. The Morgan fingerprint density at radius 2 is 1.71 bits per heavy atom. The second kappa shape index (κ2) is 9.81. The zero-order chi connectivity index (χ0) is 24.5. The van der Waals surface area contributed by atoms with Gasteiger partial charge in [-0.2, -0.15) is 9.82 Å². The van der Waals surface area contributed by atoms with Gasteiger partial charge in [-0.25, -0.2) is 4.39 Å². The van der Waals surface area contributed by atoms with Crippen molar-refractivity contribution in [2.75, 3.05) is 19.3 Å². The maximum absolute atomic E-state index is 14.8. The summed E-state index contributed by atoms with van der Waals surface area (Å²) in [6, 6.07) is 24.1. The van der Waals surface area contributed by atoms with E-state index >= 15 is 0 Å². The van der Waals surface area contributed by atoms with Crippen LogP contribution in [0.15, 0.2) is 72.8 Å². The fourth-order valence-electron chi connectivity index (χ4n) is 4.92. The summed E-state index contributed by atoms with van der Waals surface area (Å²) >= 11 is -1.57. The van der Waals surface area contributed by atoms with Gasteiger partial charge in [-0.1, -0.05) is 60.7 Å². The van der Waals surface area contributed by atoms with Crippen molar-refractivity contribution in [1.82, 2.24) is 19.4 Å². The van der Waals surface area contributed by atoms with Crippen LogP contribution >= 0.6 is 0 Å². The minimum atomic E-state index is -1.57. The minimum Gasteiger partial charge on any atom is -0.593 e.